The summed E-state index contributed by atoms with van der Waals surface area (Å²) < 4.78 is 0. The van der Waals surface area contributed by atoms with Gasteiger partial charge in [-0.05, 0) is 18.1 Å². The molecular weight excluding hydrogens is 150 g/mol. The molecule has 0 aliphatic heterocycles. The van der Waals surface area contributed by atoms with Crippen LogP contribution in [-0.2, 0) is 0 Å². The second kappa shape index (κ2) is 3.95. The zero-order valence-electron chi connectivity index (χ0n) is 7.54. The minimum absolute atomic E-state index is 0.629. The first kappa shape index (κ1) is 8.84. The first-order chi connectivity index (χ1) is 5.68. The Morgan fingerprint density at radius 2 is 2.25 bits per heavy atom. The molecule has 0 saturated carbocycles. The van der Waals surface area contributed by atoms with E-state index in [2.05, 4.69) is 24.1 Å². The Hall–Kier alpha value is -1.25. The van der Waals surface area contributed by atoms with Crippen LogP contribution in [0.3, 0.4) is 0 Å². The van der Waals surface area contributed by atoms with Crippen LogP contribution in [0, 0.1) is 5.92 Å². The third-order valence-electron chi connectivity index (χ3n) is 1.48. The molecular formula is C9H15N3. The lowest BCUT2D eigenvalue weighted by Crippen LogP contribution is -2.08. The molecule has 1 aromatic rings. The zero-order chi connectivity index (χ0) is 8.97. The number of nitrogens with one attached hydrogen (secondary N) is 1. The predicted molar refractivity (Wildman–Crippen MR) is 52.0 cm³/mol. The minimum atomic E-state index is 0.629. The molecule has 0 aliphatic rings. The smallest absolute Gasteiger partial charge is 0.126 e. The van der Waals surface area contributed by atoms with Crippen LogP contribution < -0.4 is 11.1 Å². The van der Waals surface area contributed by atoms with Crippen molar-refractivity contribution >= 4 is 11.5 Å². The highest BCUT2D eigenvalue weighted by Gasteiger charge is 1.94. The van der Waals surface area contributed by atoms with Crippen LogP contribution in [0.2, 0.25) is 0 Å². The van der Waals surface area contributed by atoms with Gasteiger partial charge < -0.3 is 11.1 Å². The van der Waals surface area contributed by atoms with Gasteiger partial charge in [0.15, 0.2) is 0 Å². The Bertz CT molecular complexity index is 228. The van der Waals surface area contributed by atoms with E-state index in [1.165, 1.54) is 0 Å². The van der Waals surface area contributed by atoms with Crippen molar-refractivity contribution in [1.82, 2.24) is 4.98 Å². The monoisotopic (exact) mass is 165 g/mol. The molecule has 0 aliphatic carbocycles. The highest BCUT2D eigenvalue weighted by Crippen LogP contribution is 2.06. The standard InChI is InChI=1S/C9H15N3/c1-7(2)5-11-9-4-3-8(10)6-12-9/h3-4,6-7H,5,10H2,1-2H3,(H,11,12). The van der Waals surface area contributed by atoms with Gasteiger partial charge in [-0.25, -0.2) is 4.98 Å². The van der Waals surface area contributed by atoms with Crippen LogP contribution in [0.1, 0.15) is 13.8 Å². The predicted octanol–water partition coefficient (Wildman–Crippen LogP) is 1.73. The van der Waals surface area contributed by atoms with E-state index in [9.17, 15) is 0 Å². The van der Waals surface area contributed by atoms with Gasteiger partial charge in [-0.2, -0.15) is 0 Å². The van der Waals surface area contributed by atoms with Crippen LogP contribution in [0.25, 0.3) is 0 Å². The summed E-state index contributed by atoms with van der Waals surface area (Å²) in [7, 11) is 0. The van der Waals surface area contributed by atoms with Gasteiger partial charge >= 0.3 is 0 Å². The van der Waals surface area contributed by atoms with Crippen molar-refractivity contribution in [2.75, 3.05) is 17.6 Å². The summed E-state index contributed by atoms with van der Waals surface area (Å²) in [4.78, 5) is 4.11. The van der Waals surface area contributed by atoms with Gasteiger partial charge in [0.25, 0.3) is 0 Å². The van der Waals surface area contributed by atoms with Gasteiger partial charge in [-0.1, -0.05) is 13.8 Å². The van der Waals surface area contributed by atoms with Gasteiger partial charge in [0, 0.05) is 6.54 Å². The fourth-order valence-electron chi connectivity index (χ4n) is 0.819. The van der Waals surface area contributed by atoms with E-state index in [0.29, 0.717) is 11.6 Å². The lowest BCUT2D eigenvalue weighted by Gasteiger charge is -2.07. The van der Waals surface area contributed by atoms with E-state index in [-0.39, 0.29) is 0 Å². The third-order valence-corrected chi connectivity index (χ3v) is 1.48. The summed E-state index contributed by atoms with van der Waals surface area (Å²) in [5.41, 5.74) is 6.19. The fourth-order valence-corrected chi connectivity index (χ4v) is 0.819. The molecule has 0 unspecified atom stereocenters. The number of anilines is 2. The highest BCUT2D eigenvalue weighted by molar-refractivity contribution is 5.43. The number of aromatic nitrogens is 1. The number of hydrogen-bond acceptors (Lipinski definition) is 3. The Labute approximate surface area is 73.0 Å². The molecule has 0 saturated heterocycles. The molecule has 1 rings (SSSR count). The molecule has 12 heavy (non-hydrogen) atoms. The van der Waals surface area contributed by atoms with Crippen molar-refractivity contribution in [3.8, 4) is 0 Å². The van der Waals surface area contributed by atoms with Crippen LogP contribution in [-0.4, -0.2) is 11.5 Å². The Kier molecular flexibility index (Phi) is 2.91. The first-order valence-electron chi connectivity index (χ1n) is 4.14. The average molecular weight is 165 g/mol. The molecule has 0 aromatic carbocycles. The number of nitrogens with two attached hydrogens (primary N) is 1. The largest absolute Gasteiger partial charge is 0.397 e. The second-order valence-corrected chi connectivity index (χ2v) is 3.25. The average Bonchev–Trinajstić information content (AvgIpc) is 2.03. The van der Waals surface area contributed by atoms with Gasteiger partial charge in [-0.3, -0.25) is 0 Å². The molecule has 0 radical (unpaired) electrons. The normalized spacial score (nSPS) is 10.2. The van der Waals surface area contributed by atoms with Crippen molar-refractivity contribution in [3.05, 3.63) is 18.3 Å². The van der Waals surface area contributed by atoms with Crippen molar-refractivity contribution < 1.29 is 0 Å². The first-order valence-corrected chi connectivity index (χ1v) is 4.14. The fraction of sp³-hybridized carbons (Fsp3) is 0.444. The molecule has 0 spiro atoms. The van der Waals surface area contributed by atoms with Crippen molar-refractivity contribution in [2.24, 2.45) is 5.92 Å². The van der Waals surface area contributed by atoms with Gasteiger partial charge in [0.2, 0.25) is 0 Å². The van der Waals surface area contributed by atoms with Gasteiger partial charge in [0.05, 0.1) is 11.9 Å². The summed E-state index contributed by atoms with van der Waals surface area (Å²) in [5, 5.41) is 3.20. The number of rotatable bonds is 3. The maximum Gasteiger partial charge on any atom is 0.126 e. The van der Waals surface area contributed by atoms with Gasteiger partial charge in [-0.15, -0.1) is 0 Å². The van der Waals surface area contributed by atoms with Crippen molar-refractivity contribution in [1.29, 1.82) is 0 Å². The van der Waals surface area contributed by atoms with Crippen molar-refractivity contribution in [2.45, 2.75) is 13.8 Å². The summed E-state index contributed by atoms with van der Waals surface area (Å²) in [6, 6.07) is 3.73. The summed E-state index contributed by atoms with van der Waals surface area (Å²) in [6.07, 6.45) is 1.66. The Balaban J connectivity index is 2.48. The van der Waals surface area contributed by atoms with Crippen molar-refractivity contribution in [3.63, 3.8) is 0 Å². The molecule has 1 heterocycles. The molecule has 0 amide bonds. The molecule has 0 fully saturated rings. The van der Waals surface area contributed by atoms with E-state index in [0.717, 1.165) is 12.4 Å². The van der Waals surface area contributed by atoms with Crippen LogP contribution in [0.15, 0.2) is 18.3 Å². The summed E-state index contributed by atoms with van der Waals surface area (Å²) in [5.74, 6) is 1.52. The number of pyridine rings is 1. The number of hydrogen-bond donors (Lipinski definition) is 2. The summed E-state index contributed by atoms with van der Waals surface area (Å²) >= 11 is 0. The number of nitrogen functional groups attached to an aromatic ring is 1. The van der Waals surface area contributed by atoms with E-state index >= 15 is 0 Å². The lowest BCUT2D eigenvalue weighted by atomic mass is 10.2. The minimum Gasteiger partial charge on any atom is -0.397 e. The van der Waals surface area contributed by atoms with E-state index in [1.807, 2.05) is 12.1 Å². The van der Waals surface area contributed by atoms with Gasteiger partial charge in [0.1, 0.15) is 5.82 Å². The second-order valence-electron chi connectivity index (χ2n) is 3.25. The number of nitrogens with zero attached hydrogens (tertiary/aromatic N) is 1. The quantitative estimate of drug-likeness (QED) is 0.717. The molecule has 0 bridgehead atoms. The Morgan fingerprint density at radius 3 is 2.75 bits per heavy atom. The topological polar surface area (TPSA) is 50.9 Å². The lowest BCUT2D eigenvalue weighted by molar-refractivity contribution is 0.687. The van der Waals surface area contributed by atoms with Crippen LogP contribution in [0.5, 0.6) is 0 Å². The third kappa shape index (κ3) is 2.78. The maximum atomic E-state index is 5.49. The van der Waals surface area contributed by atoms with E-state index in [4.69, 9.17) is 5.73 Å². The molecule has 66 valence electrons. The molecule has 0 atom stereocenters. The Morgan fingerprint density at radius 1 is 1.50 bits per heavy atom. The summed E-state index contributed by atoms with van der Waals surface area (Å²) in [6.45, 7) is 5.26. The van der Waals surface area contributed by atoms with Crippen LogP contribution in [0.4, 0.5) is 11.5 Å². The molecule has 3 heteroatoms. The molecule has 3 N–H and O–H groups in total. The zero-order valence-corrected chi connectivity index (χ0v) is 7.54. The molecule has 1 aromatic heterocycles. The highest BCUT2D eigenvalue weighted by atomic mass is 15.0. The maximum absolute atomic E-state index is 5.49. The van der Waals surface area contributed by atoms with E-state index in [1.54, 1.807) is 6.20 Å². The van der Waals surface area contributed by atoms with E-state index < -0.39 is 0 Å². The molecule has 3 nitrogen and oxygen atoms in total. The SMILES string of the molecule is CC(C)CNc1ccc(N)cn1. The van der Waals surface area contributed by atoms with Crippen LogP contribution >= 0.6 is 0 Å².